The summed E-state index contributed by atoms with van der Waals surface area (Å²) in [5, 5.41) is 7.94. The third-order valence-corrected chi connectivity index (χ3v) is 3.92. The topological polar surface area (TPSA) is 63.0 Å². The third kappa shape index (κ3) is 3.99. The number of alkyl halides is 3. The van der Waals surface area contributed by atoms with Gasteiger partial charge in [0.05, 0.1) is 5.69 Å². The molecule has 0 bridgehead atoms. The zero-order chi connectivity index (χ0) is 17.2. The second-order valence-corrected chi connectivity index (χ2v) is 5.70. The Kier molecular flexibility index (Phi) is 4.65. The van der Waals surface area contributed by atoms with E-state index >= 15 is 0 Å². The van der Waals surface area contributed by atoms with Crippen molar-refractivity contribution in [1.82, 2.24) is 29.9 Å². The molecule has 0 atom stereocenters. The predicted molar refractivity (Wildman–Crippen MR) is 80.4 cm³/mol. The number of rotatable bonds is 4. The maximum absolute atomic E-state index is 12.7. The van der Waals surface area contributed by atoms with E-state index in [9.17, 15) is 13.2 Å². The lowest BCUT2D eigenvalue weighted by atomic mass is 10.2. The Morgan fingerprint density at radius 2 is 1.92 bits per heavy atom. The van der Waals surface area contributed by atoms with Gasteiger partial charge in [-0.3, -0.25) is 9.58 Å². The fraction of sp³-hybridized carbons (Fsp3) is 0.571. The lowest BCUT2D eigenvalue weighted by Crippen LogP contribution is -2.47. The molecule has 3 rings (SSSR count). The van der Waals surface area contributed by atoms with Crippen LogP contribution in [0, 0.1) is 0 Å². The molecule has 2 aromatic heterocycles. The van der Waals surface area contributed by atoms with Crippen molar-refractivity contribution >= 4 is 5.95 Å². The molecule has 0 aromatic carbocycles. The molecule has 0 saturated carbocycles. The van der Waals surface area contributed by atoms with Crippen LogP contribution in [0.5, 0.6) is 0 Å². The predicted octanol–water partition coefficient (Wildman–Crippen LogP) is 0.989. The van der Waals surface area contributed by atoms with Crippen molar-refractivity contribution in [3.05, 3.63) is 29.8 Å². The van der Waals surface area contributed by atoms with Crippen LogP contribution in [0.15, 0.2) is 18.5 Å². The number of nitrogens with zero attached hydrogens (tertiary/aromatic N) is 7. The van der Waals surface area contributed by atoms with Crippen LogP contribution >= 0.6 is 0 Å². The van der Waals surface area contributed by atoms with E-state index in [1.807, 2.05) is 13.2 Å². The van der Waals surface area contributed by atoms with Crippen LogP contribution in [0.4, 0.5) is 19.1 Å². The van der Waals surface area contributed by atoms with Crippen molar-refractivity contribution < 1.29 is 13.2 Å². The first-order chi connectivity index (χ1) is 11.4. The molecule has 130 valence electrons. The van der Waals surface area contributed by atoms with Gasteiger partial charge >= 0.3 is 6.18 Å². The molecule has 2 aromatic rings. The van der Waals surface area contributed by atoms with Crippen molar-refractivity contribution in [3.8, 4) is 0 Å². The van der Waals surface area contributed by atoms with Crippen molar-refractivity contribution in [3.63, 3.8) is 0 Å². The van der Waals surface area contributed by atoms with Gasteiger partial charge in [0.25, 0.3) is 0 Å². The molecule has 1 fully saturated rings. The first kappa shape index (κ1) is 16.6. The lowest BCUT2D eigenvalue weighted by molar-refractivity contribution is -0.141. The molecule has 10 heteroatoms. The number of aryl methyl sites for hydroxylation is 1. The van der Waals surface area contributed by atoms with Crippen LogP contribution in [0.25, 0.3) is 0 Å². The fourth-order valence-corrected chi connectivity index (χ4v) is 2.61. The maximum atomic E-state index is 12.7. The highest BCUT2D eigenvalue weighted by atomic mass is 19.4. The van der Waals surface area contributed by atoms with Crippen molar-refractivity contribution in [2.45, 2.75) is 12.6 Å². The summed E-state index contributed by atoms with van der Waals surface area (Å²) in [5.74, 6) is 0.137. The molecule has 0 unspecified atom stereocenters. The quantitative estimate of drug-likeness (QED) is 0.826. The second kappa shape index (κ2) is 6.71. The summed E-state index contributed by atoms with van der Waals surface area (Å²) in [4.78, 5) is 11.6. The summed E-state index contributed by atoms with van der Waals surface area (Å²) in [6.45, 7) is 3.54. The van der Waals surface area contributed by atoms with E-state index in [0.29, 0.717) is 13.1 Å². The van der Waals surface area contributed by atoms with E-state index in [2.05, 4.69) is 25.2 Å². The molecule has 0 N–H and O–H groups in total. The average molecular weight is 341 g/mol. The number of hydrogen-bond donors (Lipinski definition) is 0. The molecular formula is C14H18F3N7. The third-order valence-electron chi connectivity index (χ3n) is 3.92. The minimum absolute atomic E-state index is 0.137. The van der Waals surface area contributed by atoms with Crippen LogP contribution in [0.2, 0.25) is 0 Å². The van der Waals surface area contributed by atoms with Crippen molar-refractivity contribution in [2.24, 2.45) is 7.05 Å². The van der Waals surface area contributed by atoms with Gasteiger partial charge in [0.15, 0.2) is 0 Å². The molecule has 1 aliphatic heterocycles. The van der Waals surface area contributed by atoms with Crippen LogP contribution in [0.1, 0.15) is 11.4 Å². The molecule has 7 nitrogen and oxygen atoms in total. The Morgan fingerprint density at radius 1 is 1.17 bits per heavy atom. The molecule has 0 aliphatic carbocycles. The lowest BCUT2D eigenvalue weighted by Gasteiger charge is -2.34. The minimum atomic E-state index is -4.45. The van der Waals surface area contributed by atoms with Gasteiger partial charge in [-0.05, 0) is 6.07 Å². The normalized spacial score (nSPS) is 16.6. The van der Waals surface area contributed by atoms with Gasteiger partial charge in [-0.2, -0.15) is 13.2 Å². The summed E-state index contributed by atoms with van der Waals surface area (Å²) < 4.78 is 39.9. The summed E-state index contributed by atoms with van der Waals surface area (Å²) >= 11 is 0. The van der Waals surface area contributed by atoms with E-state index in [1.54, 1.807) is 9.58 Å². The van der Waals surface area contributed by atoms with Gasteiger partial charge in [-0.15, -0.1) is 5.10 Å². The van der Waals surface area contributed by atoms with Crippen LogP contribution < -0.4 is 4.90 Å². The second-order valence-electron chi connectivity index (χ2n) is 5.70. The Bertz CT molecular complexity index is 677. The fourth-order valence-electron chi connectivity index (χ4n) is 2.61. The average Bonchev–Trinajstić information content (AvgIpc) is 2.98. The summed E-state index contributed by atoms with van der Waals surface area (Å²) in [6, 6.07) is 0.890. The van der Waals surface area contributed by atoms with Crippen LogP contribution in [-0.4, -0.2) is 62.6 Å². The highest BCUT2D eigenvalue weighted by molar-refractivity contribution is 5.31. The van der Waals surface area contributed by atoms with Crippen molar-refractivity contribution in [2.75, 3.05) is 37.6 Å². The Balaban J connectivity index is 1.53. The summed E-state index contributed by atoms with van der Waals surface area (Å²) in [6.07, 6.45) is -0.609. The van der Waals surface area contributed by atoms with E-state index in [4.69, 9.17) is 0 Å². The van der Waals surface area contributed by atoms with Crippen LogP contribution in [-0.2, 0) is 19.6 Å². The summed E-state index contributed by atoms with van der Waals surface area (Å²) in [5.41, 5.74) is 0.0266. The first-order valence-electron chi connectivity index (χ1n) is 7.64. The van der Waals surface area contributed by atoms with Crippen molar-refractivity contribution in [1.29, 1.82) is 0 Å². The molecule has 0 radical (unpaired) electrons. The number of anilines is 1. The monoisotopic (exact) mass is 341 g/mol. The van der Waals surface area contributed by atoms with E-state index in [-0.39, 0.29) is 5.95 Å². The first-order valence-corrected chi connectivity index (χ1v) is 7.64. The SMILES string of the molecule is Cn1cc(CCN2CCN(c3nccc(C(F)(F)F)n3)CC2)nn1. The van der Waals surface area contributed by atoms with E-state index in [1.165, 1.54) is 0 Å². The van der Waals surface area contributed by atoms with Gasteiger partial charge in [-0.25, -0.2) is 9.97 Å². The maximum Gasteiger partial charge on any atom is 0.433 e. The standard InChI is InChI=1S/C14H18F3N7/c1-22-10-11(20-21-22)3-5-23-6-8-24(9-7-23)13-18-4-2-12(19-13)14(15,16)17/h2,4,10H,3,5-9H2,1H3. The molecule has 0 spiro atoms. The van der Waals surface area contributed by atoms with Gasteiger partial charge in [0.1, 0.15) is 5.69 Å². The van der Waals surface area contributed by atoms with Crippen LogP contribution in [0.3, 0.4) is 0 Å². The Labute approximate surface area is 137 Å². The highest BCUT2D eigenvalue weighted by Crippen LogP contribution is 2.28. The van der Waals surface area contributed by atoms with Gasteiger partial charge in [0.2, 0.25) is 5.95 Å². The van der Waals surface area contributed by atoms with Gasteiger partial charge in [-0.1, -0.05) is 5.21 Å². The number of halogens is 3. The minimum Gasteiger partial charge on any atom is -0.338 e. The molecular weight excluding hydrogens is 323 g/mol. The molecule has 24 heavy (non-hydrogen) atoms. The largest absolute Gasteiger partial charge is 0.433 e. The van der Waals surface area contributed by atoms with E-state index < -0.39 is 11.9 Å². The number of aromatic nitrogens is 5. The number of hydrogen-bond acceptors (Lipinski definition) is 6. The molecule has 3 heterocycles. The summed E-state index contributed by atoms with van der Waals surface area (Å²) in [7, 11) is 1.82. The highest BCUT2D eigenvalue weighted by Gasteiger charge is 2.33. The smallest absolute Gasteiger partial charge is 0.338 e. The molecule has 0 amide bonds. The zero-order valence-corrected chi connectivity index (χ0v) is 13.2. The van der Waals surface area contributed by atoms with Gasteiger partial charge < -0.3 is 4.90 Å². The Morgan fingerprint density at radius 3 is 2.54 bits per heavy atom. The van der Waals surface area contributed by atoms with Gasteiger partial charge in [0, 0.05) is 58.6 Å². The molecule has 1 aliphatic rings. The number of piperazine rings is 1. The zero-order valence-electron chi connectivity index (χ0n) is 13.2. The Hall–Kier alpha value is -2.23. The molecule has 1 saturated heterocycles. The van der Waals surface area contributed by atoms with E-state index in [0.717, 1.165) is 44.0 Å².